The van der Waals surface area contributed by atoms with Gasteiger partial charge in [0.05, 0.1) is 5.56 Å². The van der Waals surface area contributed by atoms with Crippen LogP contribution < -0.4 is 4.74 Å². The van der Waals surface area contributed by atoms with E-state index in [-0.39, 0.29) is 5.75 Å². The maximum Gasteiger partial charge on any atom is 0.328 e. The number of nitrogens with zero attached hydrogens (tertiary/aromatic N) is 1. The van der Waals surface area contributed by atoms with Crippen LogP contribution in [0.5, 0.6) is 5.75 Å². The molecule has 0 amide bonds. The Balaban J connectivity index is 2.27. The number of para-hydroxylation sites is 1. The molecular weight excluding hydrogens is 250 g/mol. The number of fused-ring (bicyclic) bond motifs is 1. The minimum absolute atomic E-state index is 0.216. The molecule has 1 unspecified atom stereocenters. The number of benzene rings is 1. The molecular formula is C13H11NO5. The zero-order valence-corrected chi connectivity index (χ0v) is 10.1. The number of carboxylic acids is 1. The number of ether oxygens (including phenoxy) is 1. The van der Waals surface area contributed by atoms with Gasteiger partial charge in [-0.15, -0.1) is 0 Å². The maximum atomic E-state index is 12.1. The van der Waals surface area contributed by atoms with Crippen LogP contribution in [-0.4, -0.2) is 35.1 Å². The topological polar surface area (TPSA) is 93.0 Å². The largest absolute Gasteiger partial charge is 0.480 e. The van der Waals surface area contributed by atoms with E-state index >= 15 is 0 Å². The molecule has 2 atom stereocenters. The highest BCUT2D eigenvalue weighted by Crippen LogP contribution is 2.26. The molecule has 0 aliphatic carbocycles. The van der Waals surface area contributed by atoms with Crippen LogP contribution in [-0.2, 0) is 9.59 Å². The van der Waals surface area contributed by atoms with Crippen molar-refractivity contribution >= 4 is 23.9 Å². The fraction of sp³-hybridized carbons (Fsp3) is 0.231. The van der Waals surface area contributed by atoms with Crippen LogP contribution in [0, 0.1) is 5.92 Å². The molecule has 1 aromatic rings. The third-order valence-corrected chi connectivity index (χ3v) is 2.72. The Morgan fingerprint density at radius 3 is 2.79 bits per heavy atom. The molecule has 1 aliphatic rings. The van der Waals surface area contributed by atoms with Crippen LogP contribution in [0.4, 0.5) is 0 Å². The fourth-order valence-corrected chi connectivity index (χ4v) is 1.61. The molecule has 19 heavy (non-hydrogen) atoms. The van der Waals surface area contributed by atoms with Gasteiger partial charge >= 0.3 is 11.9 Å². The molecule has 0 bridgehead atoms. The predicted molar refractivity (Wildman–Crippen MR) is 65.5 cm³/mol. The summed E-state index contributed by atoms with van der Waals surface area (Å²) in [5.74, 6) is -3.28. The van der Waals surface area contributed by atoms with E-state index in [1.54, 1.807) is 18.2 Å². The van der Waals surface area contributed by atoms with Crippen LogP contribution in [0.1, 0.15) is 17.3 Å². The van der Waals surface area contributed by atoms with Crippen molar-refractivity contribution in [2.24, 2.45) is 10.9 Å². The number of esters is 1. The van der Waals surface area contributed by atoms with E-state index in [1.807, 2.05) is 0 Å². The first kappa shape index (κ1) is 12.9. The predicted octanol–water partition coefficient (Wildman–Crippen LogP) is 0.948. The van der Waals surface area contributed by atoms with E-state index in [0.717, 1.165) is 6.21 Å². The first-order valence-corrected chi connectivity index (χ1v) is 5.61. The summed E-state index contributed by atoms with van der Waals surface area (Å²) < 4.78 is 5.01. The molecule has 0 fully saturated rings. The number of Topliss-reactive ketones (excluding diaryl/α,β-unsaturated/α-hetero) is 1. The van der Waals surface area contributed by atoms with Crippen LogP contribution in [0.25, 0.3) is 0 Å². The highest BCUT2D eigenvalue weighted by atomic mass is 16.5. The first-order valence-electron chi connectivity index (χ1n) is 5.61. The summed E-state index contributed by atoms with van der Waals surface area (Å²) in [4.78, 5) is 38.0. The molecule has 6 nitrogen and oxygen atoms in total. The molecule has 0 spiro atoms. The summed E-state index contributed by atoms with van der Waals surface area (Å²) in [7, 11) is 0. The van der Waals surface area contributed by atoms with Crippen molar-refractivity contribution in [1.29, 1.82) is 0 Å². The monoisotopic (exact) mass is 261 g/mol. The van der Waals surface area contributed by atoms with Gasteiger partial charge in [0.1, 0.15) is 11.8 Å². The average molecular weight is 261 g/mol. The molecule has 98 valence electrons. The van der Waals surface area contributed by atoms with E-state index in [1.165, 1.54) is 13.0 Å². The number of hydrogen-bond acceptors (Lipinski definition) is 5. The van der Waals surface area contributed by atoms with Crippen molar-refractivity contribution in [2.75, 3.05) is 0 Å². The lowest BCUT2D eigenvalue weighted by Gasteiger charge is -2.19. The summed E-state index contributed by atoms with van der Waals surface area (Å²) in [5.41, 5.74) is 0.293. The molecule has 6 heteroatoms. The lowest BCUT2D eigenvalue weighted by atomic mass is 9.95. The maximum absolute atomic E-state index is 12.1. The van der Waals surface area contributed by atoms with Crippen LogP contribution in [0.3, 0.4) is 0 Å². The summed E-state index contributed by atoms with van der Waals surface area (Å²) >= 11 is 0. The van der Waals surface area contributed by atoms with E-state index < -0.39 is 29.7 Å². The van der Waals surface area contributed by atoms with Crippen molar-refractivity contribution in [3.05, 3.63) is 29.8 Å². The Hall–Kier alpha value is -2.50. The molecule has 1 heterocycles. The SMILES string of the molecule is C[C@@H](N=CC1C(=O)Oc2ccccc2C1=O)C(=O)O. The number of carbonyl (C=O) groups excluding carboxylic acids is 2. The number of ketones is 1. The first-order chi connectivity index (χ1) is 9.00. The highest BCUT2D eigenvalue weighted by molar-refractivity contribution is 6.22. The van der Waals surface area contributed by atoms with Gasteiger partial charge in [-0.05, 0) is 19.1 Å². The summed E-state index contributed by atoms with van der Waals surface area (Å²) in [5, 5.41) is 8.69. The molecule has 0 radical (unpaired) electrons. The third-order valence-electron chi connectivity index (χ3n) is 2.72. The average Bonchev–Trinajstić information content (AvgIpc) is 2.38. The lowest BCUT2D eigenvalue weighted by Crippen LogP contribution is -2.35. The summed E-state index contributed by atoms with van der Waals surface area (Å²) in [6, 6.07) is 5.37. The minimum Gasteiger partial charge on any atom is -0.480 e. The second-order valence-electron chi connectivity index (χ2n) is 4.07. The Labute approximate surface area is 108 Å². The van der Waals surface area contributed by atoms with Crippen LogP contribution in [0.2, 0.25) is 0 Å². The van der Waals surface area contributed by atoms with Gasteiger partial charge in [0, 0.05) is 6.21 Å². The second kappa shape index (κ2) is 5.01. The smallest absolute Gasteiger partial charge is 0.328 e. The van der Waals surface area contributed by atoms with Crippen molar-refractivity contribution in [1.82, 2.24) is 0 Å². The van der Waals surface area contributed by atoms with Gasteiger partial charge < -0.3 is 9.84 Å². The number of carboxylic acid groups (broad SMARTS) is 1. The summed E-state index contributed by atoms with van der Waals surface area (Å²) in [6.45, 7) is 1.35. The van der Waals surface area contributed by atoms with Gasteiger partial charge in [-0.25, -0.2) is 4.79 Å². The Kier molecular flexibility index (Phi) is 3.41. The van der Waals surface area contributed by atoms with E-state index in [9.17, 15) is 14.4 Å². The van der Waals surface area contributed by atoms with Crippen molar-refractivity contribution < 1.29 is 24.2 Å². The Bertz CT molecular complexity index is 578. The number of aliphatic imine (C=N–C) groups is 1. The molecule has 0 saturated heterocycles. The number of rotatable bonds is 3. The summed E-state index contributed by atoms with van der Waals surface area (Å²) in [6.07, 6.45) is 1.04. The van der Waals surface area contributed by atoms with Gasteiger partial charge in [-0.3, -0.25) is 14.6 Å². The zero-order valence-electron chi connectivity index (χ0n) is 10.1. The van der Waals surface area contributed by atoms with Gasteiger partial charge in [0.15, 0.2) is 11.7 Å². The van der Waals surface area contributed by atoms with E-state index in [4.69, 9.17) is 9.84 Å². The highest BCUT2D eigenvalue weighted by Gasteiger charge is 2.35. The van der Waals surface area contributed by atoms with Gasteiger partial charge in [-0.2, -0.15) is 0 Å². The molecule has 0 aromatic heterocycles. The molecule has 2 rings (SSSR count). The van der Waals surface area contributed by atoms with Gasteiger partial charge in [0.25, 0.3) is 0 Å². The Morgan fingerprint density at radius 2 is 2.11 bits per heavy atom. The second-order valence-corrected chi connectivity index (χ2v) is 4.07. The third kappa shape index (κ3) is 2.52. The van der Waals surface area contributed by atoms with Crippen LogP contribution >= 0.6 is 0 Å². The van der Waals surface area contributed by atoms with Crippen molar-refractivity contribution in [3.63, 3.8) is 0 Å². The van der Waals surface area contributed by atoms with Gasteiger partial charge in [-0.1, -0.05) is 12.1 Å². The Morgan fingerprint density at radius 1 is 1.42 bits per heavy atom. The number of aliphatic carboxylic acids is 1. The minimum atomic E-state index is -1.18. The number of hydrogen-bond donors (Lipinski definition) is 1. The van der Waals surface area contributed by atoms with Crippen molar-refractivity contribution in [3.8, 4) is 5.75 Å². The van der Waals surface area contributed by atoms with E-state index in [2.05, 4.69) is 4.99 Å². The van der Waals surface area contributed by atoms with Crippen molar-refractivity contribution in [2.45, 2.75) is 13.0 Å². The zero-order chi connectivity index (χ0) is 14.0. The van der Waals surface area contributed by atoms with E-state index in [0.29, 0.717) is 5.56 Å². The normalized spacial score (nSPS) is 19.9. The fourth-order valence-electron chi connectivity index (χ4n) is 1.61. The molecule has 0 saturated carbocycles. The molecule has 1 N–H and O–H groups in total. The van der Waals surface area contributed by atoms with Crippen LogP contribution in [0.15, 0.2) is 29.3 Å². The quantitative estimate of drug-likeness (QED) is 0.378. The number of carbonyl (C=O) groups is 3. The lowest BCUT2D eigenvalue weighted by molar-refractivity contribution is -0.138. The molecule has 1 aromatic carbocycles. The molecule has 1 aliphatic heterocycles. The standard InChI is InChI=1S/C13H11NO5/c1-7(12(16)17)14-6-9-11(15)8-4-2-3-5-10(8)19-13(9)18/h2-7,9H,1H3,(H,16,17)/t7-,9?/m1/s1. The van der Waals surface area contributed by atoms with Gasteiger partial charge in [0.2, 0.25) is 0 Å².